The van der Waals surface area contributed by atoms with Crippen molar-refractivity contribution in [1.29, 1.82) is 0 Å². The zero-order valence-corrected chi connectivity index (χ0v) is 17.3. The summed E-state index contributed by atoms with van der Waals surface area (Å²) in [5.74, 6) is -0.275. The predicted octanol–water partition coefficient (Wildman–Crippen LogP) is 3.85. The zero-order chi connectivity index (χ0) is 20.4. The van der Waals surface area contributed by atoms with E-state index in [9.17, 15) is 9.59 Å². The lowest BCUT2D eigenvalue weighted by atomic mass is 10.1. The second-order valence-corrected chi connectivity index (χ2v) is 8.32. The van der Waals surface area contributed by atoms with Gasteiger partial charge in [-0.05, 0) is 56.5 Å². The molecule has 1 heterocycles. The maximum atomic E-state index is 12.6. The van der Waals surface area contributed by atoms with Crippen LogP contribution in [0.2, 0.25) is 0 Å². The molecule has 6 heteroatoms. The van der Waals surface area contributed by atoms with Crippen LogP contribution in [0.25, 0.3) is 0 Å². The zero-order valence-electron chi connectivity index (χ0n) is 16.5. The van der Waals surface area contributed by atoms with Crippen LogP contribution in [0.5, 0.6) is 0 Å². The minimum absolute atomic E-state index is 0.0269. The van der Waals surface area contributed by atoms with E-state index in [-0.39, 0.29) is 11.8 Å². The summed E-state index contributed by atoms with van der Waals surface area (Å²) in [6.45, 7) is 4.51. The quantitative estimate of drug-likeness (QED) is 0.701. The molecule has 148 valence electrons. The molecule has 0 bridgehead atoms. The number of hydrogen-bond acceptors (Lipinski definition) is 3. The van der Waals surface area contributed by atoms with Crippen LogP contribution >= 0.6 is 11.3 Å². The Morgan fingerprint density at radius 2 is 1.86 bits per heavy atom. The number of nitrogens with one attached hydrogen (secondary N) is 1. The van der Waals surface area contributed by atoms with Crippen molar-refractivity contribution in [2.24, 2.45) is 4.99 Å². The van der Waals surface area contributed by atoms with E-state index in [2.05, 4.69) is 10.3 Å². The molecule has 2 aromatic carbocycles. The molecule has 0 atom stereocenters. The SMILES string of the molecule is Cc1cccc(C(=O)N=c2scc(C)n2Cc2cccc(C(=O)NC3CC3)c2)c1. The number of aromatic nitrogens is 1. The summed E-state index contributed by atoms with van der Waals surface area (Å²) in [5.41, 5.74) is 4.30. The Labute approximate surface area is 173 Å². The maximum Gasteiger partial charge on any atom is 0.279 e. The molecular weight excluding hydrogens is 382 g/mol. The van der Waals surface area contributed by atoms with Gasteiger partial charge >= 0.3 is 0 Å². The van der Waals surface area contributed by atoms with Gasteiger partial charge in [0.2, 0.25) is 0 Å². The van der Waals surface area contributed by atoms with Gasteiger partial charge < -0.3 is 9.88 Å². The molecule has 0 saturated heterocycles. The Bertz CT molecular complexity index is 1140. The predicted molar refractivity (Wildman–Crippen MR) is 114 cm³/mol. The Hall–Kier alpha value is -2.99. The molecule has 1 N–H and O–H groups in total. The number of hydrogen-bond donors (Lipinski definition) is 1. The minimum Gasteiger partial charge on any atom is -0.349 e. The first-order valence-corrected chi connectivity index (χ1v) is 10.6. The Morgan fingerprint density at radius 3 is 2.62 bits per heavy atom. The molecule has 0 spiro atoms. The van der Waals surface area contributed by atoms with E-state index in [0.29, 0.717) is 28.5 Å². The number of aryl methyl sites for hydroxylation is 2. The molecule has 5 nitrogen and oxygen atoms in total. The molecule has 1 fully saturated rings. The summed E-state index contributed by atoms with van der Waals surface area (Å²) >= 11 is 1.45. The van der Waals surface area contributed by atoms with Gasteiger partial charge in [-0.15, -0.1) is 11.3 Å². The van der Waals surface area contributed by atoms with E-state index in [1.54, 1.807) is 6.07 Å². The average molecular weight is 406 g/mol. The van der Waals surface area contributed by atoms with Crippen molar-refractivity contribution < 1.29 is 9.59 Å². The van der Waals surface area contributed by atoms with E-state index >= 15 is 0 Å². The third kappa shape index (κ3) is 4.71. The molecule has 4 rings (SSSR count). The smallest absolute Gasteiger partial charge is 0.279 e. The van der Waals surface area contributed by atoms with Crippen molar-refractivity contribution >= 4 is 23.2 Å². The third-order valence-electron chi connectivity index (χ3n) is 4.90. The van der Waals surface area contributed by atoms with Gasteiger partial charge in [-0.25, -0.2) is 0 Å². The number of benzene rings is 2. The molecule has 0 radical (unpaired) electrons. The third-order valence-corrected chi connectivity index (χ3v) is 5.88. The molecule has 1 aromatic heterocycles. The van der Waals surface area contributed by atoms with Crippen molar-refractivity contribution in [2.45, 2.75) is 39.3 Å². The molecule has 1 aliphatic carbocycles. The summed E-state index contributed by atoms with van der Waals surface area (Å²) in [6, 6.07) is 15.4. The molecular formula is C23H23N3O2S. The lowest BCUT2D eigenvalue weighted by molar-refractivity contribution is 0.0949. The van der Waals surface area contributed by atoms with Crippen molar-refractivity contribution in [3.05, 3.63) is 86.7 Å². The van der Waals surface area contributed by atoms with E-state index in [0.717, 1.165) is 29.7 Å². The van der Waals surface area contributed by atoms with Crippen LogP contribution in [0.1, 0.15) is 50.4 Å². The van der Waals surface area contributed by atoms with Crippen LogP contribution in [-0.2, 0) is 6.54 Å². The second kappa shape index (κ2) is 8.17. The second-order valence-electron chi connectivity index (χ2n) is 7.48. The number of thiazole rings is 1. The Kier molecular flexibility index (Phi) is 5.45. The Morgan fingerprint density at radius 1 is 1.10 bits per heavy atom. The van der Waals surface area contributed by atoms with Crippen molar-refractivity contribution in [3.63, 3.8) is 0 Å². The summed E-state index contributed by atoms with van der Waals surface area (Å²) < 4.78 is 2.01. The summed E-state index contributed by atoms with van der Waals surface area (Å²) in [5, 5.41) is 5.01. The average Bonchev–Trinajstić information content (AvgIpc) is 3.47. The number of amides is 2. The van der Waals surface area contributed by atoms with Gasteiger partial charge in [0.1, 0.15) is 0 Å². The summed E-state index contributed by atoms with van der Waals surface area (Å²) in [4.78, 5) is 30.0. The highest BCUT2D eigenvalue weighted by Crippen LogP contribution is 2.19. The fourth-order valence-electron chi connectivity index (χ4n) is 3.11. The van der Waals surface area contributed by atoms with Gasteiger partial charge in [-0.1, -0.05) is 29.8 Å². The fraction of sp³-hybridized carbons (Fsp3) is 0.261. The highest BCUT2D eigenvalue weighted by atomic mass is 32.1. The summed E-state index contributed by atoms with van der Waals surface area (Å²) in [7, 11) is 0. The van der Waals surface area contributed by atoms with E-state index in [1.165, 1.54) is 11.3 Å². The van der Waals surface area contributed by atoms with Crippen LogP contribution in [0.3, 0.4) is 0 Å². The molecule has 1 aliphatic rings. The van der Waals surface area contributed by atoms with Gasteiger partial charge in [0, 0.05) is 28.2 Å². The number of carbonyl (C=O) groups excluding carboxylic acids is 2. The maximum absolute atomic E-state index is 12.6. The number of rotatable bonds is 5. The topological polar surface area (TPSA) is 63.5 Å². The molecule has 2 amide bonds. The first-order valence-electron chi connectivity index (χ1n) is 9.70. The molecule has 1 saturated carbocycles. The van der Waals surface area contributed by atoms with Crippen LogP contribution in [0, 0.1) is 13.8 Å². The molecule has 0 aliphatic heterocycles. The number of carbonyl (C=O) groups is 2. The van der Waals surface area contributed by atoms with E-state index in [4.69, 9.17) is 0 Å². The first-order chi connectivity index (χ1) is 14.0. The van der Waals surface area contributed by atoms with Crippen LogP contribution in [0.4, 0.5) is 0 Å². The summed E-state index contributed by atoms with van der Waals surface area (Å²) in [6.07, 6.45) is 2.13. The van der Waals surface area contributed by atoms with E-state index < -0.39 is 0 Å². The standard InChI is InChI=1S/C23H23N3O2S/c1-15-5-3-7-18(11-15)22(28)25-23-26(16(2)14-29-23)13-17-6-4-8-19(12-17)21(27)24-20-9-10-20/h3-8,11-12,14,20H,9-10,13H2,1-2H3,(H,24,27). The lowest BCUT2D eigenvalue weighted by Gasteiger charge is -2.09. The normalized spacial score (nSPS) is 14.1. The number of nitrogens with zero attached hydrogens (tertiary/aromatic N) is 2. The van der Waals surface area contributed by atoms with Crippen LogP contribution < -0.4 is 10.1 Å². The molecule has 0 unspecified atom stereocenters. The minimum atomic E-state index is -0.248. The van der Waals surface area contributed by atoms with Gasteiger partial charge in [-0.2, -0.15) is 4.99 Å². The Balaban J connectivity index is 1.59. The highest BCUT2D eigenvalue weighted by Gasteiger charge is 2.23. The van der Waals surface area contributed by atoms with Crippen LogP contribution in [-0.4, -0.2) is 22.4 Å². The first kappa shape index (κ1) is 19.3. The lowest BCUT2D eigenvalue weighted by Crippen LogP contribution is -2.25. The van der Waals surface area contributed by atoms with Gasteiger partial charge in [-0.3, -0.25) is 9.59 Å². The van der Waals surface area contributed by atoms with Crippen LogP contribution in [0.15, 0.2) is 58.9 Å². The van der Waals surface area contributed by atoms with Crippen molar-refractivity contribution in [1.82, 2.24) is 9.88 Å². The highest BCUT2D eigenvalue weighted by molar-refractivity contribution is 7.07. The molecule has 29 heavy (non-hydrogen) atoms. The fourth-order valence-corrected chi connectivity index (χ4v) is 3.99. The van der Waals surface area contributed by atoms with Gasteiger partial charge in [0.05, 0.1) is 6.54 Å². The largest absolute Gasteiger partial charge is 0.349 e. The van der Waals surface area contributed by atoms with Crippen molar-refractivity contribution in [3.8, 4) is 0 Å². The van der Waals surface area contributed by atoms with Gasteiger partial charge in [0.15, 0.2) is 4.80 Å². The molecule has 3 aromatic rings. The monoisotopic (exact) mass is 405 g/mol. The van der Waals surface area contributed by atoms with E-state index in [1.807, 2.05) is 66.3 Å². The van der Waals surface area contributed by atoms with Crippen molar-refractivity contribution in [2.75, 3.05) is 0 Å². The van der Waals surface area contributed by atoms with Gasteiger partial charge in [0.25, 0.3) is 11.8 Å².